The first-order valence-corrected chi connectivity index (χ1v) is 8.28. The van der Waals surface area contributed by atoms with Crippen LogP contribution in [0.4, 0.5) is 18.3 Å². The van der Waals surface area contributed by atoms with E-state index in [1.807, 2.05) is 12.1 Å². The number of rotatable bonds is 2. The number of thiazole rings is 1. The van der Waals surface area contributed by atoms with E-state index < -0.39 is 24.0 Å². The van der Waals surface area contributed by atoms with Gasteiger partial charge >= 0.3 is 6.18 Å². The number of halogens is 3. The van der Waals surface area contributed by atoms with Gasteiger partial charge in [0.05, 0.1) is 16.6 Å². The maximum absolute atomic E-state index is 13.2. The van der Waals surface area contributed by atoms with E-state index in [2.05, 4.69) is 10.1 Å². The minimum Gasteiger partial charge on any atom is -0.365 e. The SMILES string of the molecule is OC1(c2ccccc2)CC(C(F)(F)F)=NN1c1nc2ccccc2s1. The van der Waals surface area contributed by atoms with Gasteiger partial charge in [0.15, 0.2) is 5.72 Å². The third-order valence-electron chi connectivity index (χ3n) is 4.01. The Balaban J connectivity index is 1.86. The molecule has 128 valence electrons. The number of para-hydroxylation sites is 1. The van der Waals surface area contributed by atoms with Gasteiger partial charge in [-0.15, -0.1) is 0 Å². The van der Waals surface area contributed by atoms with Crippen molar-refractivity contribution in [1.29, 1.82) is 0 Å². The van der Waals surface area contributed by atoms with Crippen LogP contribution in [-0.4, -0.2) is 22.0 Å². The Morgan fingerprint density at radius 1 is 1.04 bits per heavy atom. The molecule has 25 heavy (non-hydrogen) atoms. The molecule has 8 heteroatoms. The fourth-order valence-corrected chi connectivity index (χ4v) is 3.77. The van der Waals surface area contributed by atoms with Crippen molar-refractivity contribution in [2.24, 2.45) is 5.10 Å². The molecule has 0 radical (unpaired) electrons. The Morgan fingerprint density at radius 2 is 1.72 bits per heavy atom. The topological polar surface area (TPSA) is 48.7 Å². The maximum Gasteiger partial charge on any atom is 0.431 e. The number of anilines is 1. The Labute approximate surface area is 144 Å². The summed E-state index contributed by atoms with van der Waals surface area (Å²) in [7, 11) is 0. The third-order valence-corrected chi connectivity index (χ3v) is 5.02. The van der Waals surface area contributed by atoms with Crippen LogP contribution in [0, 0.1) is 0 Å². The van der Waals surface area contributed by atoms with Crippen molar-refractivity contribution in [3.05, 3.63) is 60.2 Å². The summed E-state index contributed by atoms with van der Waals surface area (Å²) >= 11 is 1.18. The van der Waals surface area contributed by atoms with Crippen molar-refractivity contribution >= 4 is 32.4 Å². The fourth-order valence-electron chi connectivity index (χ4n) is 2.79. The van der Waals surface area contributed by atoms with Crippen LogP contribution in [0.1, 0.15) is 12.0 Å². The maximum atomic E-state index is 13.2. The molecule has 4 nitrogen and oxygen atoms in total. The van der Waals surface area contributed by atoms with Crippen molar-refractivity contribution in [1.82, 2.24) is 4.98 Å². The van der Waals surface area contributed by atoms with Gasteiger partial charge in [-0.3, -0.25) is 0 Å². The predicted molar refractivity (Wildman–Crippen MR) is 90.5 cm³/mol. The van der Waals surface area contributed by atoms with E-state index in [4.69, 9.17) is 0 Å². The van der Waals surface area contributed by atoms with Crippen molar-refractivity contribution < 1.29 is 18.3 Å². The number of hydrazone groups is 1. The molecule has 1 aromatic heterocycles. The van der Waals surface area contributed by atoms with E-state index >= 15 is 0 Å². The van der Waals surface area contributed by atoms with Crippen LogP contribution in [0.3, 0.4) is 0 Å². The number of alkyl halides is 3. The van der Waals surface area contributed by atoms with E-state index in [-0.39, 0.29) is 5.13 Å². The van der Waals surface area contributed by atoms with Crippen molar-refractivity contribution in [2.45, 2.75) is 18.3 Å². The summed E-state index contributed by atoms with van der Waals surface area (Å²) < 4.78 is 40.5. The zero-order chi connectivity index (χ0) is 17.7. The number of hydrogen-bond donors (Lipinski definition) is 1. The first kappa shape index (κ1) is 16.0. The van der Waals surface area contributed by atoms with E-state index in [1.54, 1.807) is 42.5 Å². The number of benzene rings is 2. The van der Waals surface area contributed by atoms with Crippen LogP contribution in [0.25, 0.3) is 10.2 Å². The lowest BCUT2D eigenvalue weighted by atomic mass is 9.97. The molecule has 0 aliphatic carbocycles. The first-order valence-electron chi connectivity index (χ1n) is 7.46. The molecule has 1 N–H and O–H groups in total. The Morgan fingerprint density at radius 3 is 2.40 bits per heavy atom. The highest BCUT2D eigenvalue weighted by Crippen LogP contribution is 2.44. The molecule has 0 amide bonds. The van der Waals surface area contributed by atoms with Gasteiger partial charge in [0, 0.05) is 5.56 Å². The van der Waals surface area contributed by atoms with E-state index in [0.29, 0.717) is 11.1 Å². The number of nitrogens with zero attached hydrogens (tertiary/aromatic N) is 3. The van der Waals surface area contributed by atoms with Gasteiger partial charge in [0.2, 0.25) is 5.13 Å². The quantitative estimate of drug-likeness (QED) is 0.740. The number of aromatic nitrogens is 1. The minimum atomic E-state index is -4.62. The summed E-state index contributed by atoms with van der Waals surface area (Å²) in [4.78, 5) is 4.34. The molecule has 3 aromatic rings. The Hall–Kier alpha value is -2.45. The third kappa shape index (κ3) is 2.67. The summed E-state index contributed by atoms with van der Waals surface area (Å²) in [5.74, 6) is 0. The Kier molecular flexibility index (Phi) is 3.55. The molecular weight excluding hydrogens is 351 g/mol. The molecule has 0 saturated heterocycles. The van der Waals surface area contributed by atoms with Crippen LogP contribution in [0.2, 0.25) is 0 Å². The minimum absolute atomic E-state index is 0.215. The lowest BCUT2D eigenvalue weighted by Gasteiger charge is -2.31. The van der Waals surface area contributed by atoms with Gasteiger partial charge in [0.25, 0.3) is 0 Å². The molecule has 0 fully saturated rings. The molecule has 0 bridgehead atoms. The molecular formula is C17H12F3N3OS. The second-order valence-electron chi connectivity index (χ2n) is 5.68. The average Bonchev–Trinajstić information content (AvgIpc) is 3.17. The summed E-state index contributed by atoms with van der Waals surface area (Å²) in [5.41, 5.74) is -1.98. The van der Waals surface area contributed by atoms with Gasteiger partial charge in [-0.1, -0.05) is 53.8 Å². The normalized spacial score (nSPS) is 21.0. The Bertz CT molecular complexity index is 921. The zero-order valence-corrected chi connectivity index (χ0v) is 13.6. The second-order valence-corrected chi connectivity index (χ2v) is 6.69. The van der Waals surface area contributed by atoms with Crippen LogP contribution in [0.5, 0.6) is 0 Å². The van der Waals surface area contributed by atoms with Crippen LogP contribution in [0.15, 0.2) is 59.7 Å². The predicted octanol–water partition coefficient (Wildman–Crippen LogP) is 4.27. The van der Waals surface area contributed by atoms with Gasteiger partial charge in [0.1, 0.15) is 5.71 Å². The van der Waals surface area contributed by atoms with E-state index in [0.717, 1.165) is 9.71 Å². The summed E-state index contributed by atoms with van der Waals surface area (Å²) in [6.45, 7) is 0. The molecule has 2 aromatic carbocycles. The van der Waals surface area contributed by atoms with Gasteiger partial charge in [-0.25, -0.2) is 9.99 Å². The van der Waals surface area contributed by atoms with Gasteiger partial charge in [-0.05, 0) is 12.1 Å². The average molecular weight is 363 g/mol. The number of hydrogen-bond acceptors (Lipinski definition) is 5. The smallest absolute Gasteiger partial charge is 0.365 e. The number of fused-ring (bicyclic) bond motifs is 1. The molecule has 1 aliphatic heterocycles. The highest BCUT2D eigenvalue weighted by Gasteiger charge is 2.52. The van der Waals surface area contributed by atoms with E-state index in [9.17, 15) is 18.3 Å². The lowest BCUT2D eigenvalue weighted by Crippen LogP contribution is -2.40. The summed E-state index contributed by atoms with van der Waals surface area (Å²) in [5, 5.41) is 16.0. The molecule has 0 saturated carbocycles. The van der Waals surface area contributed by atoms with Crippen LogP contribution >= 0.6 is 11.3 Å². The highest BCUT2D eigenvalue weighted by molar-refractivity contribution is 7.22. The second kappa shape index (κ2) is 5.53. The van der Waals surface area contributed by atoms with E-state index in [1.165, 1.54) is 11.3 Å². The number of aliphatic hydroxyl groups is 1. The van der Waals surface area contributed by atoms with Crippen molar-refractivity contribution in [3.63, 3.8) is 0 Å². The molecule has 0 spiro atoms. The largest absolute Gasteiger partial charge is 0.431 e. The molecule has 2 heterocycles. The van der Waals surface area contributed by atoms with Gasteiger partial charge in [-0.2, -0.15) is 18.3 Å². The molecule has 1 atom stereocenters. The summed E-state index contributed by atoms with van der Waals surface area (Å²) in [6.07, 6.45) is -5.27. The van der Waals surface area contributed by atoms with Crippen molar-refractivity contribution in [3.8, 4) is 0 Å². The lowest BCUT2D eigenvalue weighted by molar-refractivity contribution is -0.0626. The standard InChI is InChI=1S/C17H12F3N3OS/c18-17(19,20)14-10-16(24,11-6-2-1-3-7-11)23(22-14)15-21-12-8-4-5-9-13(12)25-15/h1-9,24H,10H2. The van der Waals surface area contributed by atoms with Crippen molar-refractivity contribution in [2.75, 3.05) is 5.01 Å². The van der Waals surface area contributed by atoms with Gasteiger partial charge < -0.3 is 5.11 Å². The first-order chi connectivity index (χ1) is 11.9. The summed E-state index contributed by atoms with van der Waals surface area (Å²) in [6, 6.07) is 15.4. The molecule has 4 rings (SSSR count). The highest BCUT2D eigenvalue weighted by atomic mass is 32.1. The van der Waals surface area contributed by atoms with Crippen LogP contribution in [-0.2, 0) is 5.72 Å². The zero-order valence-electron chi connectivity index (χ0n) is 12.7. The molecule has 1 aliphatic rings. The monoisotopic (exact) mass is 363 g/mol. The molecule has 1 unspecified atom stereocenters. The van der Waals surface area contributed by atoms with Crippen LogP contribution < -0.4 is 5.01 Å². The fraction of sp³-hybridized carbons (Fsp3) is 0.176.